The second kappa shape index (κ2) is 32.5. The molecule has 0 fully saturated rings. The van der Waals surface area contributed by atoms with Crippen molar-refractivity contribution in [2.75, 3.05) is 9.80 Å². The van der Waals surface area contributed by atoms with Crippen molar-refractivity contribution in [1.82, 2.24) is 28.2 Å². The molecule has 0 unspecified atom stereocenters. The van der Waals surface area contributed by atoms with Gasteiger partial charge in [0, 0.05) is 157 Å². The molecular weight excluding hydrogens is 1770 g/mol. The van der Waals surface area contributed by atoms with E-state index in [-0.39, 0.29) is 10.8 Å². The highest BCUT2D eigenvalue weighted by molar-refractivity contribution is 6.46. The van der Waals surface area contributed by atoms with Crippen LogP contribution in [0.3, 0.4) is 0 Å². The van der Waals surface area contributed by atoms with E-state index >= 15 is 0 Å². The summed E-state index contributed by atoms with van der Waals surface area (Å²) < 4.78 is 10.2. The molecule has 0 saturated heterocycles. The number of benzene rings is 22. The van der Waals surface area contributed by atoms with Crippen LogP contribution in [0.4, 0.5) is 34.1 Å². The van der Waals surface area contributed by atoms with E-state index in [1.807, 2.05) is 24.8 Å². The minimum atomic E-state index is -0.0906. The summed E-state index contributed by atoms with van der Waals surface area (Å²) in [6, 6.07) is 167. The fourth-order valence-corrected chi connectivity index (χ4v) is 25.6. The van der Waals surface area contributed by atoms with Gasteiger partial charge in [-0.15, -0.1) is 0 Å². The van der Waals surface area contributed by atoms with Crippen LogP contribution < -0.4 is 9.80 Å². The zero-order chi connectivity index (χ0) is 97.1. The van der Waals surface area contributed by atoms with Crippen molar-refractivity contribution >= 4 is 186 Å². The van der Waals surface area contributed by atoms with Gasteiger partial charge in [-0.25, -0.2) is 0 Å². The molecule has 0 N–H and O–H groups in total. The molecule has 8 nitrogen and oxygen atoms in total. The fourth-order valence-electron chi connectivity index (χ4n) is 25.6. The monoisotopic (exact) mass is 1860 g/mol. The van der Waals surface area contributed by atoms with E-state index in [1.165, 1.54) is 219 Å². The Morgan fingerprint density at radius 2 is 0.445 bits per heavy atom. The lowest BCUT2D eigenvalue weighted by atomic mass is 9.81. The van der Waals surface area contributed by atoms with E-state index in [0.29, 0.717) is 0 Å². The van der Waals surface area contributed by atoms with E-state index in [1.54, 1.807) is 0 Å². The van der Waals surface area contributed by atoms with Crippen molar-refractivity contribution in [2.24, 2.45) is 0 Å². The van der Waals surface area contributed by atoms with E-state index in [2.05, 4.69) is 528 Å². The van der Waals surface area contributed by atoms with Gasteiger partial charge >= 0.3 is 0 Å². The van der Waals surface area contributed by atoms with E-state index < -0.39 is 0 Å². The van der Waals surface area contributed by atoms with E-state index in [9.17, 15) is 0 Å². The number of anilines is 6. The zero-order valence-electron chi connectivity index (χ0n) is 81.6. The summed E-state index contributed by atoms with van der Waals surface area (Å²) in [4.78, 5) is 13.4. The molecule has 688 valence electrons. The van der Waals surface area contributed by atoms with Crippen molar-refractivity contribution in [3.05, 3.63) is 507 Å². The standard InChI is InChI=1S/C72H50N2.C66H46N6/c1-71(2)59-29-17-15-23-49(59)51-35-31-45(41-61(51)71)43-33-37-63-57(39-43)65-53-25-11-13-27-55(53)68-67(69(65)73(63)47-19-7-5-8-20-47)56-28-14-12-26-54(56)66-58-40-44(34-38-64(58)74(70(66)68)48-21-9-6-10-22-48)46-32-36-52-50-24-16-18-30-60(50)72(3,4)62(52)42-46;1-43-15-3-11-23-57(43)69(49-35-39-67-40-36-49)45-27-31-47(32-28-45)71-59-25-13-9-21-55(59)61-51-17-5-8-20-54(51)64-63(65(61)71)53-19-7-6-18-52(53)62-56-22-10-14-26-60(56)72(66(62)64)48-33-29-46(30-34-48)70(50-37-41-68-42-38-50)58-24-12-4-16-44(58)2/h5-42H,1-4H3;3-42H,1-2H3. The Labute approximate surface area is 844 Å². The number of para-hydroxylation sites is 6. The molecule has 6 heterocycles. The summed E-state index contributed by atoms with van der Waals surface area (Å²) in [5.41, 5.74) is 38.6. The summed E-state index contributed by atoms with van der Waals surface area (Å²) in [6.45, 7) is 13.8. The first-order valence-electron chi connectivity index (χ1n) is 50.7. The lowest BCUT2D eigenvalue weighted by Crippen LogP contribution is -2.14. The summed E-state index contributed by atoms with van der Waals surface area (Å²) in [6.07, 6.45) is 7.45. The van der Waals surface area contributed by atoms with Gasteiger partial charge in [0.25, 0.3) is 0 Å². The number of nitrogens with zero attached hydrogens (tertiary/aromatic N) is 8. The predicted octanol–water partition coefficient (Wildman–Crippen LogP) is 37.0. The van der Waals surface area contributed by atoms with Crippen molar-refractivity contribution in [3.8, 4) is 67.3 Å². The van der Waals surface area contributed by atoms with Crippen LogP contribution in [0.5, 0.6) is 0 Å². The first-order chi connectivity index (χ1) is 71.9. The molecule has 22 aromatic carbocycles. The Hall–Kier alpha value is -18.5. The Morgan fingerprint density at radius 1 is 0.192 bits per heavy atom. The summed E-state index contributed by atoms with van der Waals surface area (Å²) in [7, 11) is 0. The van der Waals surface area contributed by atoms with Crippen LogP contribution in [0.25, 0.3) is 219 Å². The number of aromatic nitrogens is 6. The molecule has 0 aliphatic heterocycles. The van der Waals surface area contributed by atoms with Crippen LogP contribution in [-0.4, -0.2) is 28.2 Å². The minimum Gasteiger partial charge on any atom is -0.310 e. The maximum absolute atomic E-state index is 4.36. The number of hydrogen-bond donors (Lipinski definition) is 0. The average Bonchev–Trinajstić information content (AvgIpc) is 1.51. The van der Waals surface area contributed by atoms with E-state index in [0.717, 1.165) is 67.9 Å². The van der Waals surface area contributed by atoms with Crippen LogP contribution in [0.15, 0.2) is 474 Å². The molecule has 6 aromatic heterocycles. The smallest absolute Gasteiger partial charge is 0.0633 e. The molecule has 30 rings (SSSR count). The van der Waals surface area contributed by atoms with Crippen molar-refractivity contribution < 1.29 is 0 Å². The van der Waals surface area contributed by atoms with Crippen LogP contribution >= 0.6 is 0 Å². The fraction of sp³-hybridized carbons (Fsp3) is 0.0580. The predicted molar refractivity (Wildman–Crippen MR) is 616 cm³/mol. The third kappa shape index (κ3) is 12.4. The van der Waals surface area contributed by atoms with Gasteiger partial charge in [-0.05, 0) is 293 Å². The van der Waals surface area contributed by atoms with Gasteiger partial charge in [-0.1, -0.05) is 319 Å². The lowest BCUT2D eigenvalue weighted by molar-refractivity contribution is 0.660. The highest BCUT2D eigenvalue weighted by atomic mass is 15.2. The van der Waals surface area contributed by atoms with Gasteiger partial charge in [0.05, 0.1) is 44.1 Å². The maximum Gasteiger partial charge on any atom is 0.0633 e. The summed E-state index contributed by atoms with van der Waals surface area (Å²) in [5.74, 6) is 0. The summed E-state index contributed by atoms with van der Waals surface area (Å²) in [5, 5.41) is 24.9. The molecule has 0 atom stereocenters. The largest absolute Gasteiger partial charge is 0.310 e. The maximum atomic E-state index is 4.36. The Kier molecular flexibility index (Phi) is 18.8. The van der Waals surface area contributed by atoms with Gasteiger partial charge in [0.1, 0.15) is 0 Å². The molecule has 0 bridgehead atoms. The second-order valence-electron chi connectivity index (χ2n) is 40.6. The number of hydrogen-bond acceptors (Lipinski definition) is 4. The quantitative estimate of drug-likeness (QED) is 0.114. The van der Waals surface area contributed by atoms with E-state index in [4.69, 9.17) is 0 Å². The SMILES string of the molecule is CC1(C)c2ccccc2-c2ccc(-c3ccc4c(c3)c3c5ccccc5c5c(c6ccccc6c6c7cc(-c8ccc9c(c8)C(C)(C)c8ccccc8-9)ccc7n(-c7ccccc7)c65)c3n4-c3ccccc3)cc21.Cc1ccccc1N(c1ccncc1)c1ccc(-n2c3ccccc3c3c4ccccc4c4c(c5ccccc5c5c6ccccc6n(-c6ccc(N(c7ccncc7)c7ccccc7C)cc6)c54)c32)cc1. The number of pyridine rings is 2. The summed E-state index contributed by atoms with van der Waals surface area (Å²) >= 11 is 0. The van der Waals surface area contributed by atoms with Gasteiger partial charge in [-0.3, -0.25) is 9.97 Å². The Bertz CT molecular complexity index is 9750. The number of fused-ring (bicyclic) bond motifs is 36. The first-order valence-corrected chi connectivity index (χ1v) is 50.7. The van der Waals surface area contributed by atoms with Gasteiger partial charge in [0.15, 0.2) is 0 Å². The molecule has 0 radical (unpaired) electrons. The molecular formula is C138H96N8. The van der Waals surface area contributed by atoms with Crippen molar-refractivity contribution in [3.63, 3.8) is 0 Å². The van der Waals surface area contributed by atoms with Gasteiger partial charge in [-0.2, -0.15) is 0 Å². The second-order valence-corrected chi connectivity index (χ2v) is 40.6. The van der Waals surface area contributed by atoms with Crippen molar-refractivity contribution in [2.45, 2.75) is 52.4 Å². The highest BCUT2D eigenvalue weighted by Crippen LogP contribution is 2.58. The molecule has 146 heavy (non-hydrogen) atoms. The molecule has 0 saturated carbocycles. The van der Waals surface area contributed by atoms with Crippen LogP contribution in [0, 0.1) is 13.8 Å². The van der Waals surface area contributed by atoms with Crippen molar-refractivity contribution in [1.29, 1.82) is 0 Å². The van der Waals surface area contributed by atoms with Crippen LogP contribution in [0.1, 0.15) is 61.1 Å². The van der Waals surface area contributed by atoms with Crippen LogP contribution in [0.2, 0.25) is 0 Å². The minimum absolute atomic E-state index is 0.0906. The first kappa shape index (κ1) is 84.4. The lowest BCUT2D eigenvalue weighted by Gasteiger charge is -2.27. The molecule has 2 aliphatic rings. The van der Waals surface area contributed by atoms with Crippen LogP contribution in [-0.2, 0) is 10.8 Å². The molecule has 0 amide bonds. The molecule has 28 aromatic rings. The molecule has 2 aliphatic carbocycles. The Balaban J connectivity index is 0.000000138. The molecule has 0 spiro atoms. The average molecular weight is 1870 g/mol. The number of rotatable bonds is 12. The highest BCUT2D eigenvalue weighted by Gasteiger charge is 2.39. The topological polar surface area (TPSA) is 52.0 Å². The zero-order valence-corrected chi connectivity index (χ0v) is 81.6. The number of aryl methyl sites for hydroxylation is 2. The Morgan fingerprint density at radius 3 is 0.795 bits per heavy atom. The van der Waals surface area contributed by atoms with Gasteiger partial charge < -0.3 is 28.1 Å². The normalized spacial score (nSPS) is 13.0. The molecule has 8 heteroatoms. The third-order valence-electron chi connectivity index (χ3n) is 32.1. The third-order valence-corrected chi connectivity index (χ3v) is 32.1. The van der Waals surface area contributed by atoms with Gasteiger partial charge in [0.2, 0.25) is 0 Å².